The summed E-state index contributed by atoms with van der Waals surface area (Å²) in [5.41, 5.74) is 3.08. The molecule has 1 fully saturated rings. The van der Waals surface area contributed by atoms with E-state index in [2.05, 4.69) is 21.0 Å². The first-order chi connectivity index (χ1) is 13.3. The number of alkyl halides is 6. The molecule has 1 saturated heterocycles. The number of hydrogen-bond donors (Lipinski definition) is 4. The van der Waals surface area contributed by atoms with Crippen LogP contribution in [0.2, 0.25) is 0 Å². The third kappa shape index (κ3) is 4.87. The van der Waals surface area contributed by atoms with Gasteiger partial charge in [0.15, 0.2) is 0 Å². The molecule has 2 aliphatic heterocycles. The van der Waals surface area contributed by atoms with Crippen LogP contribution in [-0.2, 0) is 11.8 Å². The molecule has 0 saturated carbocycles. The Morgan fingerprint density at radius 2 is 1.86 bits per heavy atom. The first-order valence-electron chi connectivity index (χ1n) is 8.69. The molecule has 3 rings (SSSR count). The van der Waals surface area contributed by atoms with Gasteiger partial charge >= 0.3 is 12.5 Å². The summed E-state index contributed by atoms with van der Waals surface area (Å²) in [4.78, 5) is 0. The lowest BCUT2D eigenvalue weighted by Crippen LogP contribution is -2.53. The van der Waals surface area contributed by atoms with Gasteiger partial charge in [-0.15, -0.1) is 18.7 Å². The molecule has 6 nitrogen and oxygen atoms in total. The number of ether oxygens (including phenoxy) is 1. The second-order valence-corrected chi connectivity index (χ2v) is 7.25. The van der Waals surface area contributed by atoms with Crippen molar-refractivity contribution < 1.29 is 36.2 Å². The second kappa shape index (κ2) is 7.26. The van der Waals surface area contributed by atoms with Crippen molar-refractivity contribution in [1.29, 1.82) is 0 Å². The van der Waals surface area contributed by atoms with Gasteiger partial charge in [0.1, 0.15) is 5.75 Å². The second-order valence-electron chi connectivity index (χ2n) is 7.25. The molecule has 0 bridgehead atoms. The van der Waals surface area contributed by atoms with Gasteiger partial charge in [0.25, 0.3) is 0 Å². The number of benzene rings is 1. The lowest BCUT2D eigenvalue weighted by molar-refractivity contribution is -0.276. The van der Waals surface area contributed by atoms with Crippen molar-refractivity contribution in [1.82, 2.24) is 21.3 Å². The van der Waals surface area contributed by atoms with Crippen LogP contribution in [0.15, 0.2) is 30.1 Å². The van der Waals surface area contributed by atoms with Crippen LogP contribution in [0, 0.1) is 0 Å². The van der Waals surface area contributed by atoms with Crippen LogP contribution in [0.1, 0.15) is 30.9 Å². The highest BCUT2D eigenvalue weighted by atomic mass is 19.4. The first-order valence-corrected chi connectivity index (χ1v) is 8.69. The predicted octanol–water partition coefficient (Wildman–Crippen LogP) is 2.73. The molecule has 0 spiro atoms. The zero-order valence-electron chi connectivity index (χ0n) is 15.4. The lowest BCUT2D eigenvalue weighted by atomic mass is 9.78. The van der Waals surface area contributed by atoms with Gasteiger partial charge in [0, 0.05) is 25.7 Å². The molecule has 0 amide bonds. The molecule has 162 valence electrons. The smallest absolute Gasteiger partial charge is 0.405 e. The van der Waals surface area contributed by atoms with Crippen molar-refractivity contribution in [2.24, 2.45) is 0 Å². The maximum Gasteiger partial charge on any atom is 0.573 e. The van der Waals surface area contributed by atoms with Crippen molar-refractivity contribution in [2.45, 2.75) is 50.0 Å². The Hall–Kier alpha value is -2.18. The molecule has 2 heterocycles. The van der Waals surface area contributed by atoms with Gasteiger partial charge in [-0.05, 0) is 31.0 Å². The zero-order valence-corrected chi connectivity index (χ0v) is 15.4. The van der Waals surface area contributed by atoms with E-state index in [1.165, 1.54) is 0 Å². The minimum Gasteiger partial charge on any atom is -0.405 e. The van der Waals surface area contributed by atoms with E-state index in [1.54, 1.807) is 25.2 Å². The number of hydrogen-bond acceptors (Lipinski definition) is 6. The topological polar surface area (TPSA) is 68.8 Å². The van der Waals surface area contributed by atoms with Crippen molar-refractivity contribution in [3.63, 3.8) is 0 Å². The minimum absolute atomic E-state index is 0.0303. The van der Waals surface area contributed by atoms with Crippen LogP contribution in [0.3, 0.4) is 0 Å². The van der Waals surface area contributed by atoms with E-state index < -0.39 is 35.5 Å². The van der Waals surface area contributed by atoms with Gasteiger partial charge < -0.3 is 20.6 Å². The minimum atomic E-state index is -5.31. The summed E-state index contributed by atoms with van der Waals surface area (Å²) in [6, 6.07) is 1.43. The van der Waals surface area contributed by atoms with Crippen LogP contribution < -0.4 is 21.0 Å². The van der Waals surface area contributed by atoms with Gasteiger partial charge in [-0.2, -0.15) is 13.2 Å². The SMILES string of the molecule is C[C@H]1C[C@@](O)(c2ccc(C(F)(F)F)c(OC(F)(F)F)c2)C[C@@H](C2=CN(C)NN2)N1. The molecule has 0 unspecified atom stereocenters. The number of piperidine rings is 1. The average Bonchev–Trinajstić information content (AvgIpc) is 2.98. The highest BCUT2D eigenvalue weighted by molar-refractivity contribution is 5.42. The fourth-order valence-electron chi connectivity index (χ4n) is 3.68. The Bertz CT molecular complexity index is 797. The molecule has 3 atom stereocenters. The fraction of sp³-hybridized carbons (Fsp3) is 0.529. The summed E-state index contributed by atoms with van der Waals surface area (Å²) in [5.74, 6) is -1.39. The highest BCUT2D eigenvalue weighted by Gasteiger charge is 2.44. The lowest BCUT2D eigenvalue weighted by Gasteiger charge is -2.41. The van der Waals surface area contributed by atoms with Gasteiger partial charge in [0.05, 0.1) is 22.9 Å². The number of aliphatic hydroxyl groups is 1. The maximum atomic E-state index is 13.1. The Kier molecular flexibility index (Phi) is 5.39. The van der Waals surface area contributed by atoms with Gasteiger partial charge in [-0.3, -0.25) is 5.01 Å². The largest absolute Gasteiger partial charge is 0.573 e. The average molecular weight is 426 g/mol. The third-order valence-corrected chi connectivity index (χ3v) is 4.81. The zero-order chi connectivity index (χ0) is 21.6. The van der Waals surface area contributed by atoms with Gasteiger partial charge in [-0.25, -0.2) is 0 Å². The van der Waals surface area contributed by atoms with E-state index in [-0.39, 0.29) is 24.4 Å². The molecular formula is C17H20F6N4O2. The molecule has 2 aliphatic rings. The van der Waals surface area contributed by atoms with E-state index in [9.17, 15) is 31.4 Å². The van der Waals surface area contributed by atoms with Crippen molar-refractivity contribution in [3.8, 4) is 5.75 Å². The summed E-state index contributed by atoms with van der Waals surface area (Å²) in [7, 11) is 1.73. The van der Waals surface area contributed by atoms with Crippen molar-refractivity contribution in [2.75, 3.05) is 7.05 Å². The van der Waals surface area contributed by atoms with Crippen LogP contribution in [0.5, 0.6) is 5.75 Å². The quantitative estimate of drug-likeness (QED) is 0.558. The summed E-state index contributed by atoms with van der Waals surface area (Å²) in [6.45, 7) is 1.76. The Morgan fingerprint density at radius 3 is 2.41 bits per heavy atom. The summed E-state index contributed by atoms with van der Waals surface area (Å²) >= 11 is 0. The molecule has 0 aromatic heterocycles. The van der Waals surface area contributed by atoms with Crippen molar-refractivity contribution >= 4 is 0 Å². The van der Waals surface area contributed by atoms with E-state index in [0.29, 0.717) is 17.8 Å². The Balaban J connectivity index is 1.97. The Morgan fingerprint density at radius 1 is 1.17 bits per heavy atom. The summed E-state index contributed by atoms with van der Waals surface area (Å²) in [6.07, 6.45) is -8.50. The number of nitrogens with zero attached hydrogens (tertiary/aromatic N) is 1. The van der Waals surface area contributed by atoms with E-state index >= 15 is 0 Å². The van der Waals surface area contributed by atoms with E-state index in [1.807, 2.05) is 0 Å². The number of rotatable bonds is 3. The van der Waals surface area contributed by atoms with E-state index in [0.717, 1.165) is 6.07 Å². The number of nitrogens with one attached hydrogen (secondary N) is 3. The van der Waals surface area contributed by atoms with Crippen molar-refractivity contribution in [3.05, 3.63) is 41.2 Å². The molecule has 12 heteroatoms. The molecule has 0 aliphatic carbocycles. The molecule has 1 aromatic carbocycles. The number of halogens is 6. The first kappa shape index (κ1) is 21.5. The Labute approximate surface area is 162 Å². The molecular weight excluding hydrogens is 406 g/mol. The third-order valence-electron chi connectivity index (χ3n) is 4.81. The normalized spacial score (nSPS) is 28.2. The maximum absolute atomic E-state index is 13.1. The van der Waals surface area contributed by atoms with Crippen LogP contribution >= 0.6 is 0 Å². The highest BCUT2D eigenvalue weighted by Crippen LogP contribution is 2.43. The molecule has 1 aromatic rings. The van der Waals surface area contributed by atoms with Gasteiger partial charge in [-0.1, -0.05) is 6.07 Å². The van der Waals surface area contributed by atoms with Crippen LogP contribution in [-0.4, -0.2) is 35.6 Å². The van der Waals surface area contributed by atoms with Crippen LogP contribution in [0.25, 0.3) is 0 Å². The van der Waals surface area contributed by atoms with E-state index in [4.69, 9.17) is 0 Å². The summed E-state index contributed by atoms with van der Waals surface area (Å²) in [5, 5.41) is 16.1. The molecule has 4 N–H and O–H groups in total. The monoisotopic (exact) mass is 426 g/mol. The summed E-state index contributed by atoms with van der Waals surface area (Å²) < 4.78 is 80.9. The predicted molar refractivity (Wildman–Crippen MR) is 89.8 cm³/mol. The molecule has 0 radical (unpaired) electrons. The van der Waals surface area contributed by atoms with Gasteiger partial charge in [0.2, 0.25) is 0 Å². The standard InChI is InChI=1S/C17H20F6N4O2/c1-9-6-15(28,7-12(24-9)13-8-27(2)26-25-13)10-3-4-11(16(18,19)20)14(5-10)29-17(21,22)23/h3-5,8-9,12,24-26,28H,6-7H2,1-2H3/t9-,12-,15-/m0/s1. The fourth-order valence-corrected chi connectivity index (χ4v) is 3.68. The number of hydrazine groups is 2. The molecule has 29 heavy (non-hydrogen) atoms. The van der Waals surface area contributed by atoms with Crippen LogP contribution in [0.4, 0.5) is 26.3 Å².